The highest BCUT2D eigenvalue weighted by Crippen LogP contribution is 2.26. The van der Waals surface area contributed by atoms with E-state index in [1.807, 2.05) is 55.5 Å². The molecule has 3 N–H and O–H groups in total. The Balaban J connectivity index is 1.50. The standard InChI is InChI=1S/C21H24N6O2/c1-14-8-9-15(12-17(14)24-21(28)23-16-6-4-3-5-7-16)20-25-19(26-29-20)18-13-22-10-11-27(18)2/h3-9,12,18,22H,10-11,13H2,1-2H3,(H2,23,24,28). The summed E-state index contributed by atoms with van der Waals surface area (Å²) >= 11 is 0. The summed E-state index contributed by atoms with van der Waals surface area (Å²) in [6.45, 7) is 4.61. The fraction of sp³-hybridized carbons (Fsp3) is 0.286. The molecule has 1 aromatic heterocycles. The van der Waals surface area contributed by atoms with Crippen molar-refractivity contribution in [1.29, 1.82) is 0 Å². The number of anilines is 2. The normalized spacial score (nSPS) is 17.1. The lowest BCUT2D eigenvalue weighted by Gasteiger charge is -2.30. The van der Waals surface area contributed by atoms with Crippen LogP contribution in [0.25, 0.3) is 11.5 Å². The molecular formula is C21H24N6O2. The number of aromatic nitrogens is 2. The van der Waals surface area contributed by atoms with E-state index in [9.17, 15) is 4.79 Å². The highest BCUT2D eigenvalue weighted by atomic mass is 16.5. The lowest BCUT2D eigenvalue weighted by atomic mass is 10.1. The van der Waals surface area contributed by atoms with Crippen LogP contribution in [0, 0.1) is 6.92 Å². The molecule has 0 spiro atoms. The summed E-state index contributed by atoms with van der Waals surface area (Å²) in [6.07, 6.45) is 0. The van der Waals surface area contributed by atoms with Crippen molar-refractivity contribution in [3.05, 3.63) is 59.9 Å². The predicted octanol–water partition coefficient (Wildman–Crippen LogP) is 3.27. The molecule has 1 fully saturated rings. The van der Waals surface area contributed by atoms with Crippen molar-refractivity contribution in [2.24, 2.45) is 0 Å². The second-order valence-corrected chi connectivity index (χ2v) is 7.13. The molecule has 0 aliphatic carbocycles. The number of likely N-dealkylation sites (N-methyl/N-ethyl adjacent to an activating group) is 1. The van der Waals surface area contributed by atoms with Gasteiger partial charge in [-0.05, 0) is 43.8 Å². The first-order chi connectivity index (χ1) is 14.1. The van der Waals surface area contributed by atoms with Crippen LogP contribution < -0.4 is 16.0 Å². The van der Waals surface area contributed by atoms with Crippen LogP contribution in [0.5, 0.6) is 0 Å². The van der Waals surface area contributed by atoms with Gasteiger partial charge in [-0.15, -0.1) is 0 Å². The Hall–Kier alpha value is -3.23. The van der Waals surface area contributed by atoms with E-state index in [0.29, 0.717) is 17.4 Å². The smallest absolute Gasteiger partial charge is 0.323 e. The van der Waals surface area contributed by atoms with Gasteiger partial charge in [0.05, 0.1) is 6.04 Å². The highest BCUT2D eigenvalue weighted by molar-refractivity contribution is 6.00. The molecule has 1 aliphatic heterocycles. The van der Waals surface area contributed by atoms with Crippen LogP contribution in [0.15, 0.2) is 53.1 Å². The average Bonchev–Trinajstić information content (AvgIpc) is 3.21. The largest absolute Gasteiger partial charge is 0.334 e. The fourth-order valence-electron chi connectivity index (χ4n) is 3.28. The number of urea groups is 1. The molecule has 1 aliphatic rings. The zero-order valence-corrected chi connectivity index (χ0v) is 16.5. The number of aryl methyl sites for hydroxylation is 1. The maximum absolute atomic E-state index is 12.3. The van der Waals surface area contributed by atoms with E-state index in [1.54, 1.807) is 0 Å². The fourth-order valence-corrected chi connectivity index (χ4v) is 3.28. The summed E-state index contributed by atoms with van der Waals surface area (Å²) in [7, 11) is 2.06. The summed E-state index contributed by atoms with van der Waals surface area (Å²) in [4.78, 5) is 19.1. The van der Waals surface area contributed by atoms with E-state index >= 15 is 0 Å². The van der Waals surface area contributed by atoms with Crippen LogP contribution in [0.3, 0.4) is 0 Å². The maximum atomic E-state index is 12.3. The SMILES string of the molecule is Cc1ccc(-c2nc(C3CNCCN3C)no2)cc1NC(=O)Nc1ccccc1. The number of nitrogens with zero attached hydrogens (tertiary/aromatic N) is 3. The van der Waals surface area contributed by atoms with Crippen molar-refractivity contribution < 1.29 is 9.32 Å². The molecule has 1 atom stereocenters. The second-order valence-electron chi connectivity index (χ2n) is 7.13. The van der Waals surface area contributed by atoms with Crippen molar-refractivity contribution in [3.8, 4) is 11.5 Å². The van der Waals surface area contributed by atoms with Gasteiger partial charge in [0.2, 0.25) is 0 Å². The van der Waals surface area contributed by atoms with Gasteiger partial charge in [-0.2, -0.15) is 4.98 Å². The molecule has 2 heterocycles. The molecule has 2 amide bonds. The highest BCUT2D eigenvalue weighted by Gasteiger charge is 2.25. The third-order valence-corrected chi connectivity index (χ3v) is 5.02. The number of amides is 2. The van der Waals surface area contributed by atoms with Crippen LogP contribution in [-0.4, -0.2) is 47.8 Å². The van der Waals surface area contributed by atoms with Crippen LogP contribution in [0.1, 0.15) is 17.4 Å². The summed E-state index contributed by atoms with van der Waals surface area (Å²) in [5.41, 5.74) is 3.11. The van der Waals surface area contributed by atoms with E-state index in [0.717, 1.165) is 36.4 Å². The summed E-state index contributed by atoms with van der Waals surface area (Å²) in [5.74, 6) is 1.09. The zero-order valence-electron chi connectivity index (χ0n) is 16.5. The van der Waals surface area contributed by atoms with Gasteiger partial charge >= 0.3 is 6.03 Å². The van der Waals surface area contributed by atoms with E-state index < -0.39 is 0 Å². The number of benzene rings is 2. The quantitative estimate of drug-likeness (QED) is 0.631. The Morgan fingerprint density at radius 2 is 2.03 bits per heavy atom. The number of hydrogen-bond acceptors (Lipinski definition) is 6. The van der Waals surface area contributed by atoms with Gasteiger partial charge in [-0.3, -0.25) is 4.90 Å². The lowest BCUT2D eigenvalue weighted by molar-refractivity contribution is 0.190. The van der Waals surface area contributed by atoms with Gasteiger partial charge in [-0.1, -0.05) is 29.4 Å². The molecule has 29 heavy (non-hydrogen) atoms. The minimum atomic E-state index is -0.308. The number of para-hydroxylation sites is 1. The molecule has 8 nitrogen and oxygen atoms in total. The minimum absolute atomic E-state index is 0.0842. The first-order valence-corrected chi connectivity index (χ1v) is 9.59. The first-order valence-electron chi connectivity index (χ1n) is 9.59. The Bertz CT molecular complexity index is 988. The number of piperazine rings is 1. The molecule has 8 heteroatoms. The number of carbonyl (C=O) groups is 1. The minimum Gasteiger partial charge on any atom is -0.334 e. The van der Waals surface area contributed by atoms with Crippen molar-refractivity contribution in [2.45, 2.75) is 13.0 Å². The second kappa shape index (κ2) is 8.42. The number of nitrogens with one attached hydrogen (secondary N) is 3. The molecule has 0 radical (unpaired) electrons. The van der Waals surface area contributed by atoms with E-state index in [1.165, 1.54) is 0 Å². The van der Waals surface area contributed by atoms with Gasteiger partial charge in [0, 0.05) is 36.6 Å². The van der Waals surface area contributed by atoms with Crippen LogP contribution >= 0.6 is 0 Å². The van der Waals surface area contributed by atoms with E-state index in [2.05, 4.69) is 38.0 Å². The van der Waals surface area contributed by atoms with E-state index in [-0.39, 0.29) is 12.1 Å². The van der Waals surface area contributed by atoms with Crippen LogP contribution in [0.4, 0.5) is 16.2 Å². The van der Waals surface area contributed by atoms with Gasteiger partial charge in [0.1, 0.15) is 0 Å². The summed E-state index contributed by atoms with van der Waals surface area (Å²) < 4.78 is 5.50. The average molecular weight is 392 g/mol. The summed E-state index contributed by atoms with van der Waals surface area (Å²) in [5, 5.41) is 13.2. The molecule has 150 valence electrons. The third-order valence-electron chi connectivity index (χ3n) is 5.02. The molecule has 1 unspecified atom stereocenters. The Kier molecular flexibility index (Phi) is 5.55. The Morgan fingerprint density at radius 1 is 1.21 bits per heavy atom. The van der Waals surface area contributed by atoms with Gasteiger partial charge < -0.3 is 20.5 Å². The summed E-state index contributed by atoms with van der Waals surface area (Å²) in [6, 6.07) is 14.8. The number of hydrogen-bond donors (Lipinski definition) is 3. The van der Waals surface area contributed by atoms with Crippen molar-refractivity contribution in [1.82, 2.24) is 20.4 Å². The van der Waals surface area contributed by atoms with Gasteiger partial charge in [0.25, 0.3) is 5.89 Å². The first kappa shape index (κ1) is 19.1. The monoisotopic (exact) mass is 392 g/mol. The molecule has 2 aromatic carbocycles. The molecule has 3 aromatic rings. The van der Waals surface area contributed by atoms with Crippen LogP contribution in [-0.2, 0) is 0 Å². The Labute approximate surface area is 169 Å². The van der Waals surface area contributed by atoms with Crippen molar-refractivity contribution in [2.75, 3.05) is 37.3 Å². The van der Waals surface area contributed by atoms with Crippen LogP contribution in [0.2, 0.25) is 0 Å². The molecule has 0 saturated carbocycles. The van der Waals surface area contributed by atoms with Gasteiger partial charge in [-0.25, -0.2) is 4.79 Å². The zero-order chi connectivity index (χ0) is 20.2. The van der Waals surface area contributed by atoms with E-state index in [4.69, 9.17) is 4.52 Å². The number of rotatable bonds is 4. The maximum Gasteiger partial charge on any atom is 0.323 e. The predicted molar refractivity (Wildman–Crippen MR) is 112 cm³/mol. The topological polar surface area (TPSA) is 95.3 Å². The Morgan fingerprint density at radius 3 is 2.83 bits per heavy atom. The van der Waals surface area contributed by atoms with Gasteiger partial charge in [0.15, 0.2) is 5.82 Å². The lowest BCUT2D eigenvalue weighted by Crippen LogP contribution is -2.44. The molecule has 1 saturated heterocycles. The number of carbonyl (C=O) groups excluding carboxylic acids is 1. The molecule has 4 rings (SSSR count). The van der Waals surface area contributed by atoms with Crippen molar-refractivity contribution in [3.63, 3.8) is 0 Å². The van der Waals surface area contributed by atoms with Crippen molar-refractivity contribution >= 4 is 17.4 Å². The third kappa shape index (κ3) is 4.44. The molecule has 0 bridgehead atoms. The molecular weight excluding hydrogens is 368 g/mol.